The summed E-state index contributed by atoms with van der Waals surface area (Å²) in [6.07, 6.45) is 4.23. The van der Waals surface area contributed by atoms with Crippen LogP contribution in [0, 0.1) is 5.92 Å². The van der Waals surface area contributed by atoms with E-state index >= 15 is 0 Å². The van der Waals surface area contributed by atoms with Gasteiger partial charge in [0.1, 0.15) is 11.3 Å². The fourth-order valence-corrected chi connectivity index (χ4v) is 4.81. The maximum absolute atomic E-state index is 12.4. The number of aromatic nitrogens is 3. The summed E-state index contributed by atoms with van der Waals surface area (Å²) >= 11 is 2.76. The van der Waals surface area contributed by atoms with Crippen molar-refractivity contribution in [2.24, 2.45) is 5.92 Å². The zero-order valence-corrected chi connectivity index (χ0v) is 15.8. The first-order valence-electron chi connectivity index (χ1n) is 8.18. The van der Waals surface area contributed by atoms with Crippen LogP contribution >= 0.6 is 23.1 Å². The van der Waals surface area contributed by atoms with Crippen LogP contribution in [0.15, 0.2) is 11.5 Å². The third kappa shape index (κ3) is 4.21. The zero-order chi connectivity index (χ0) is 17.8. The number of fused-ring (bicyclic) bond motifs is 1. The fourth-order valence-electron chi connectivity index (χ4n) is 2.82. The Labute approximate surface area is 153 Å². The average molecular weight is 380 g/mol. The molecule has 2 N–H and O–H groups in total. The summed E-state index contributed by atoms with van der Waals surface area (Å²) in [6.45, 7) is 4.30. The van der Waals surface area contributed by atoms with E-state index < -0.39 is 0 Å². The number of hydrogen-bond acceptors (Lipinski definition) is 7. The number of nitrogens with one attached hydrogen (secondary N) is 2. The standard InChI is InChI=1S/C16H20N4O3S2/c1-3-23-15(22)13-10-5-4-9(2)6-11(10)25-14(13)19-12(21)7-24-16-17-8-18-20-16/h8-9H,3-7H2,1-2H3,(H,19,21)(H,17,18,20)/t9-/m0/s1. The van der Waals surface area contributed by atoms with Gasteiger partial charge in [0, 0.05) is 4.88 Å². The van der Waals surface area contributed by atoms with Gasteiger partial charge >= 0.3 is 5.97 Å². The molecular weight excluding hydrogens is 360 g/mol. The molecule has 9 heteroatoms. The maximum atomic E-state index is 12.4. The summed E-state index contributed by atoms with van der Waals surface area (Å²) in [5.74, 6) is 0.245. The van der Waals surface area contributed by atoms with E-state index in [0.717, 1.165) is 24.8 Å². The molecule has 1 aliphatic carbocycles. The van der Waals surface area contributed by atoms with Crippen LogP contribution in [0.3, 0.4) is 0 Å². The van der Waals surface area contributed by atoms with E-state index in [1.165, 1.54) is 34.3 Å². The molecule has 2 aromatic heterocycles. The van der Waals surface area contributed by atoms with Gasteiger partial charge in [0.2, 0.25) is 5.91 Å². The van der Waals surface area contributed by atoms with Crippen molar-refractivity contribution in [2.75, 3.05) is 17.7 Å². The number of thiophene rings is 1. The normalized spacial score (nSPS) is 16.3. The Hall–Kier alpha value is -1.87. The van der Waals surface area contributed by atoms with Crippen LogP contribution in [0.2, 0.25) is 0 Å². The van der Waals surface area contributed by atoms with Crippen LogP contribution in [-0.4, -0.2) is 39.4 Å². The molecular formula is C16H20N4O3S2. The molecule has 3 rings (SSSR count). The van der Waals surface area contributed by atoms with Crippen molar-refractivity contribution in [2.45, 2.75) is 38.3 Å². The van der Waals surface area contributed by atoms with Crippen molar-refractivity contribution < 1.29 is 14.3 Å². The topological polar surface area (TPSA) is 97.0 Å². The van der Waals surface area contributed by atoms with Crippen molar-refractivity contribution in [3.05, 3.63) is 22.3 Å². The van der Waals surface area contributed by atoms with Crippen LogP contribution in [0.5, 0.6) is 0 Å². The number of rotatable bonds is 6. The van der Waals surface area contributed by atoms with Gasteiger partial charge < -0.3 is 10.1 Å². The molecule has 0 aliphatic heterocycles. The predicted octanol–water partition coefficient (Wildman–Crippen LogP) is 2.90. The Bertz CT molecular complexity index is 758. The van der Waals surface area contributed by atoms with Gasteiger partial charge in [0.15, 0.2) is 5.16 Å². The van der Waals surface area contributed by atoms with Crippen molar-refractivity contribution in [1.29, 1.82) is 0 Å². The Morgan fingerprint density at radius 1 is 1.52 bits per heavy atom. The average Bonchev–Trinajstić information content (AvgIpc) is 3.19. The molecule has 7 nitrogen and oxygen atoms in total. The number of hydrogen-bond donors (Lipinski definition) is 2. The summed E-state index contributed by atoms with van der Waals surface area (Å²) in [4.78, 5) is 29.8. The van der Waals surface area contributed by atoms with Gasteiger partial charge in [-0.05, 0) is 37.7 Å². The molecule has 0 saturated carbocycles. The van der Waals surface area contributed by atoms with Gasteiger partial charge in [0.25, 0.3) is 0 Å². The van der Waals surface area contributed by atoms with Crippen molar-refractivity contribution in [1.82, 2.24) is 15.2 Å². The van der Waals surface area contributed by atoms with Crippen molar-refractivity contribution >= 4 is 40.0 Å². The van der Waals surface area contributed by atoms with Gasteiger partial charge in [-0.1, -0.05) is 18.7 Å². The lowest BCUT2D eigenvalue weighted by Crippen LogP contribution is -2.17. The second-order valence-electron chi connectivity index (χ2n) is 5.90. The Morgan fingerprint density at radius 2 is 2.36 bits per heavy atom. The van der Waals surface area contributed by atoms with Gasteiger partial charge in [-0.15, -0.1) is 11.3 Å². The minimum atomic E-state index is -0.354. The molecule has 0 radical (unpaired) electrons. The minimum absolute atomic E-state index is 0.182. The number of ether oxygens (including phenoxy) is 1. The summed E-state index contributed by atoms with van der Waals surface area (Å²) in [6, 6.07) is 0. The van der Waals surface area contributed by atoms with E-state index in [4.69, 9.17) is 4.74 Å². The molecule has 0 fully saturated rings. The molecule has 0 unspecified atom stereocenters. The first-order chi connectivity index (χ1) is 12.1. The monoisotopic (exact) mass is 380 g/mol. The second-order valence-corrected chi connectivity index (χ2v) is 7.97. The van der Waals surface area contributed by atoms with Crippen LogP contribution in [0.4, 0.5) is 5.00 Å². The van der Waals surface area contributed by atoms with Gasteiger partial charge in [-0.2, -0.15) is 5.10 Å². The van der Waals surface area contributed by atoms with Crippen LogP contribution in [0.25, 0.3) is 0 Å². The highest BCUT2D eigenvalue weighted by Gasteiger charge is 2.29. The van der Waals surface area contributed by atoms with E-state index in [1.807, 2.05) is 0 Å². The van der Waals surface area contributed by atoms with E-state index in [9.17, 15) is 9.59 Å². The molecule has 0 aromatic carbocycles. The summed E-state index contributed by atoms with van der Waals surface area (Å²) in [7, 11) is 0. The molecule has 1 amide bonds. The summed E-state index contributed by atoms with van der Waals surface area (Å²) < 4.78 is 5.21. The SMILES string of the molecule is CCOC(=O)c1c(NC(=O)CSc2ncn[nH]2)sc2c1CC[C@H](C)C2. The fraction of sp³-hybridized carbons (Fsp3) is 0.500. The molecule has 25 heavy (non-hydrogen) atoms. The lowest BCUT2D eigenvalue weighted by atomic mass is 9.88. The van der Waals surface area contributed by atoms with Crippen LogP contribution < -0.4 is 5.32 Å². The largest absolute Gasteiger partial charge is 0.462 e. The van der Waals surface area contributed by atoms with Crippen LogP contribution in [0.1, 0.15) is 41.1 Å². The van der Waals surface area contributed by atoms with E-state index in [1.54, 1.807) is 6.92 Å². The lowest BCUT2D eigenvalue weighted by Gasteiger charge is -2.18. The molecule has 0 saturated heterocycles. The van der Waals surface area contributed by atoms with Crippen molar-refractivity contribution in [3.63, 3.8) is 0 Å². The number of H-pyrrole nitrogens is 1. The third-order valence-electron chi connectivity index (χ3n) is 3.98. The summed E-state index contributed by atoms with van der Waals surface area (Å²) in [5.41, 5.74) is 1.58. The Morgan fingerprint density at radius 3 is 3.08 bits per heavy atom. The van der Waals surface area contributed by atoms with E-state index in [0.29, 0.717) is 28.2 Å². The second kappa shape index (κ2) is 8.01. The molecule has 0 bridgehead atoms. The Kier molecular flexibility index (Phi) is 5.74. The number of amides is 1. The van der Waals surface area contributed by atoms with Gasteiger partial charge in [-0.3, -0.25) is 9.89 Å². The number of thioether (sulfide) groups is 1. The highest BCUT2D eigenvalue weighted by molar-refractivity contribution is 7.99. The number of nitrogens with zero attached hydrogens (tertiary/aromatic N) is 2. The number of carbonyl (C=O) groups is 2. The van der Waals surface area contributed by atoms with Crippen LogP contribution in [-0.2, 0) is 22.4 Å². The number of anilines is 1. The van der Waals surface area contributed by atoms with Gasteiger partial charge in [0.05, 0.1) is 17.9 Å². The first-order valence-corrected chi connectivity index (χ1v) is 9.98. The lowest BCUT2D eigenvalue weighted by molar-refractivity contribution is -0.113. The molecule has 2 heterocycles. The highest BCUT2D eigenvalue weighted by Crippen LogP contribution is 2.40. The van der Waals surface area contributed by atoms with Gasteiger partial charge in [-0.25, -0.2) is 9.78 Å². The smallest absolute Gasteiger partial charge is 0.341 e. The molecule has 1 atom stereocenters. The number of aromatic amines is 1. The number of esters is 1. The van der Waals surface area contributed by atoms with E-state index in [-0.39, 0.29) is 17.6 Å². The maximum Gasteiger partial charge on any atom is 0.341 e. The molecule has 0 spiro atoms. The Balaban J connectivity index is 1.77. The zero-order valence-electron chi connectivity index (χ0n) is 14.1. The van der Waals surface area contributed by atoms with E-state index in [2.05, 4.69) is 27.4 Å². The number of carbonyl (C=O) groups excluding carboxylic acids is 2. The molecule has 1 aliphatic rings. The summed E-state index contributed by atoms with van der Waals surface area (Å²) in [5, 5.41) is 10.5. The minimum Gasteiger partial charge on any atom is -0.462 e. The molecule has 2 aromatic rings. The first kappa shape index (κ1) is 17.9. The predicted molar refractivity (Wildman–Crippen MR) is 97.2 cm³/mol. The quantitative estimate of drug-likeness (QED) is 0.591. The molecule has 134 valence electrons. The highest BCUT2D eigenvalue weighted by atomic mass is 32.2. The third-order valence-corrected chi connectivity index (χ3v) is 6.02. The van der Waals surface area contributed by atoms with Crippen molar-refractivity contribution in [3.8, 4) is 0 Å².